The number of amides is 1. The Kier molecular flexibility index (Phi) is 2.52. The maximum absolute atomic E-state index is 10.2. The van der Waals surface area contributed by atoms with Gasteiger partial charge < -0.3 is 10.4 Å². The highest BCUT2D eigenvalue weighted by Crippen LogP contribution is 2.21. The van der Waals surface area contributed by atoms with Gasteiger partial charge in [0.1, 0.15) is 0 Å². The second-order valence-corrected chi connectivity index (χ2v) is 2.99. The summed E-state index contributed by atoms with van der Waals surface area (Å²) < 4.78 is 0. The fourth-order valence-electron chi connectivity index (χ4n) is 1.45. The first kappa shape index (κ1) is 8.11. The van der Waals surface area contributed by atoms with Crippen LogP contribution in [-0.4, -0.2) is 17.2 Å². The maximum Gasteiger partial charge on any atom is 0.404 e. The highest BCUT2D eigenvalue weighted by molar-refractivity contribution is 5.64. The second kappa shape index (κ2) is 3.42. The Morgan fingerprint density at radius 1 is 1.73 bits per heavy atom. The Bertz CT molecular complexity index is 175. The molecular weight excluding hydrogens is 142 g/mol. The van der Waals surface area contributed by atoms with E-state index in [-0.39, 0.29) is 6.04 Å². The van der Waals surface area contributed by atoms with Crippen LogP contribution in [0.5, 0.6) is 0 Å². The molecule has 1 atom stereocenters. The van der Waals surface area contributed by atoms with E-state index in [2.05, 4.69) is 11.9 Å². The van der Waals surface area contributed by atoms with Crippen molar-refractivity contribution in [2.24, 2.45) is 0 Å². The molecule has 3 nitrogen and oxygen atoms in total. The molecule has 1 aliphatic carbocycles. The summed E-state index contributed by atoms with van der Waals surface area (Å²) >= 11 is 0. The van der Waals surface area contributed by atoms with E-state index < -0.39 is 6.09 Å². The Balaban J connectivity index is 2.34. The number of nitrogens with one attached hydrogen (secondary N) is 1. The average Bonchev–Trinajstić information content (AvgIpc) is 1.85. The predicted octanol–water partition coefficient (Wildman–Crippen LogP) is 1.75. The fraction of sp³-hybridized carbons (Fsp3) is 0.625. The van der Waals surface area contributed by atoms with E-state index in [9.17, 15) is 4.79 Å². The number of hydrogen-bond donors (Lipinski definition) is 2. The van der Waals surface area contributed by atoms with E-state index in [0.29, 0.717) is 0 Å². The van der Waals surface area contributed by atoms with E-state index in [4.69, 9.17) is 5.11 Å². The minimum absolute atomic E-state index is 0.105. The summed E-state index contributed by atoms with van der Waals surface area (Å²) in [6.07, 6.45) is 2.95. The van der Waals surface area contributed by atoms with Gasteiger partial charge in [0.15, 0.2) is 0 Å². The van der Waals surface area contributed by atoms with Crippen molar-refractivity contribution < 1.29 is 9.90 Å². The molecule has 1 rings (SSSR count). The van der Waals surface area contributed by atoms with Crippen LogP contribution in [0.25, 0.3) is 0 Å². The van der Waals surface area contributed by atoms with Crippen LogP contribution < -0.4 is 5.32 Å². The zero-order valence-corrected chi connectivity index (χ0v) is 6.47. The lowest BCUT2D eigenvalue weighted by Crippen LogP contribution is -2.35. The molecule has 1 unspecified atom stereocenters. The third-order valence-electron chi connectivity index (χ3n) is 1.95. The first-order valence-electron chi connectivity index (χ1n) is 3.84. The molecule has 1 fully saturated rings. The summed E-state index contributed by atoms with van der Waals surface area (Å²) in [4.78, 5) is 10.2. The lowest BCUT2D eigenvalue weighted by atomic mass is 9.92. The van der Waals surface area contributed by atoms with Gasteiger partial charge in [-0.05, 0) is 25.7 Å². The van der Waals surface area contributed by atoms with Gasteiger partial charge in [-0.2, -0.15) is 0 Å². The quantitative estimate of drug-likeness (QED) is 0.567. The van der Waals surface area contributed by atoms with Crippen LogP contribution in [-0.2, 0) is 0 Å². The lowest BCUT2D eigenvalue weighted by molar-refractivity contribution is 0.188. The van der Waals surface area contributed by atoms with Crippen molar-refractivity contribution in [3.63, 3.8) is 0 Å². The Morgan fingerprint density at radius 3 is 3.00 bits per heavy atom. The normalized spacial score (nSPS) is 24.7. The van der Waals surface area contributed by atoms with Gasteiger partial charge in [-0.15, -0.1) is 0 Å². The fourth-order valence-corrected chi connectivity index (χ4v) is 1.45. The molecule has 62 valence electrons. The molecule has 0 aromatic heterocycles. The van der Waals surface area contributed by atoms with Crippen LogP contribution >= 0.6 is 0 Å². The van der Waals surface area contributed by atoms with Crippen LogP contribution in [0.3, 0.4) is 0 Å². The van der Waals surface area contributed by atoms with Gasteiger partial charge in [0.05, 0.1) is 0 Å². The van der Waals surface area contributed by atoms with E-state index in [1.165, 1.54) is 0 Å². The van der Waals surface area contributed by atoms with Crippen LogP contribution in [0.15, 0.2) is 12.2 Å². The second-order valence-electron chi connectivity index (χ2n) is 2.99. The number of rotatable bonds is 1. The molecule has 0 radical (unpaired) electrons. The van der Waals surface area contributed by atoms with E-state index in [1.54, 1.807) is 0 Å². The predicted molar refractivity (Wildman–Crippen MR) is 42.6 cm³/mol. The van der Waals surface area contributed by atoms with Gasteiger partial charge in [-0.25, -0.2) is 4.79 Å². The van der Waals surface area contributed by atoms with Gasteiger partial charge >= 0.3 is 6.09 Å². The van der Waals surface area contributed by atoms with E-state index >= 15 is 0 Å². The molecule has 0 aliphatic heterocycles. The van der Waals surface area contributed by atoms with Crippen molar-refractivity contribution >= 4 is 6.09 Å². The largest absolute Gasteiger partial charge is 0.465 e. The molecule has 0 bridgehead atoms. The molecule has 2 N–H and O–H groups in total. The molecule has 0 aromatic carbocycles. The summed E-state index contributed by atoms with van der Waals surface area (Å²) in [5, 5.41) is 10.9. The van der Waals surface area contributed by atoms with E-state index in [0.717, 1.165) is 31.3 Å². The molecule has 1 aliphatic rings. The average molecular weight is 155 g/mol. The zero-order chi connectivity index (χ0) is 8.27. The van der Waals surface area contributed by atoms with Crippen molar-refractivity contribution in [3.8, 4) is 0 Å². The van der Waals surface area contributed by atoms with Crippen molar-refractivity contribution in [1.82, 2.24) is 5.32 Å². The highest BCUT2D eigenvalue weighted by atomic mass is 16.4. The summed E-state index contributed by atoms with van der Waals surface area (Å²) in [6, 6.07) is 0.105. The van der Waals surface area contributed by atoms with Crippen LogP contribution in [0, 0.1) is 0 Å². The van der Waals surface area contributed by atoms with Crippen molar-refractivity contribution in [1.29, 1.82) is 0 Å². The minimum atomic E-state index is -0.926. The Hall–Kier alpha value is -0.990. The molecule has 0 aromatic rings. The first-order valence-corrected chi connectivity index (χ1v) is 3.84. The first-order chi connectivity index (χ1) is 5.18. The molecule has 1 amide bonds. The molecular formula is C8H13NO2. The molecule has 0 spiro atoms. The van der Waals surface area contributed by atoms with Crippen molar-refractivity contribution in [3.05, 3.63) is 12.2 Å². The van der Waals surface area contributed by atoms with Crippen molar-refractivity contribution in [2.75, 3.05) is 0 Å². The topological polar surface area (TPSA) is 49.3 Å². The molecule has 11 heavy (non-hydrogen) atoms. The SMILES string of the molecule is C=C1CCCC(NC(=O)O)C1. The van der Waals surface area contributed by atoms with Crippen LogP contribution in [0.4, 0.5) is 4.79 Å². The number of carbonyl (C=O) groups is 1. The van der Waals surface area contributed by atoms with Gasteiger partial charge in [-0.1, -0.05) is 12.2 Å². The molecule has 0 heterocycles. The van der Waals surface area contributed by atoms with Gasteiger partial charge in [-0.3, -0.25) is 0 Å². The van der Waals surface area contributed by atoms with Gasteiger partial charge in [0, 0.05) is 6.04 Å². The van der Waals surface area contributed by atoms with Crippen LogP contribution in [0.1, 0.15) is 25.7 Å². The lowest BCUT2D eigenvalue weighted by Gasteiger charge is -2.22. The summed E-state index contributed by atoms with van der Waals surface area (Å²) in [5.41, 5.74) is 1.16. The maximum atomic E-state index is 10.2. The molecule has 3 heteroatoms. The summed E-state index contributed by atoms with van der Waals surface area (Å²) in [6.45, 7) is 3.84. The minimum Gasteiger partial charge on any atom is -0.465 e. The smallest absolute Gasteiger partial charge is 0.404 e. The standard InChI is InChI=1S/C8H13NO2/c1-6-3-2-4-7(5-6)9-8(10)11/h7,9H,1-5H2,(H,10,11). The van der Waals surface area contributed by atoms with E-state index in [1.807, 2.05) is 0 Å². The summed E-state index contributed by atoms with van der Waals surface area (Å²) in [7, 11) is 0. The Labute approximate surface area is 66.1 Å². The summed E-state index contributed by atoms with van der Waals surface area (Å²) in [5.74, 6) is 0. The molecule has 1 saturated carbocycles. The third-order valence-corrected chi connectivity index (χ3v) is 1.95. The Morgan fingerprint density at radius 2 is 2.45 bits per heavy atom. The highest BCUT2D eigenvalue weighted by Gasteiger charge is 2.16. The monoisotopic (exact) mass is 155 g/mol. The number of hydrogen-bond acceptors (Lipinski definition) is 1. The molecule has 0 saturated heterocycles. The third kappa shape index (κ3) is 2.62. The van der Waals surface area contributed by atoms with Gasteiger partial charge in [0.2, 0.25) is 0 Å². The zero-order valence-electron chi connectivity index (χ0n) is 6.47. The van der Waals surface area contributed by atoms with Crippen LogP contribution in [0.2, 0.25) is 0 Å². The van der Waals surface area contributed by atoms with Gasteiger partial charge in [0.25, 0.3) is 0 Å². The number of carboxylic acid groups (broad SMARTS) is 1. The van der Waals surface area contributed by atoms with Crippen molar-refractivity contribution in [2.45, 2.75) is 31.7 Å².